The van der Waals surface area contributed by atoms with Gasteiger partial charge in [0.05, 0.1) is 25.7 Å². The first-order valence-corrected chi connectivity index (χ1v) is 3.96. The van der Waals surface area contributed by atoms with Gasteiger partial charge in [-0.3, -0.25) is 4.79 Å². The number of aromatic nitrogens is 2. The summed E-state index contributed by atoms with van der Waals surface area (Å²) in [6.45, 7) is 0.795. The van der Waals surface area contributed by atoms with Crippen molar-refractivity contribution in [3.05, 3.63) is 18.2 Å². The van der Waals surface area contributed by atoms with Gasteiger partial charge in [0.25, 0.3) is 0 Å². The molecule has 1 N–H and O–H groups in total. The van der Waals surface area contributed by atoms with Crippen molar-refractivity contribution in [1.29, 1.82) is 0 Å². The molecule has 1 aromatic heterocycles. The van der Waals surface area contributed by atoms with Gasteiger partial charge in [-0.1, -0.05) is 0 Å². The van der Waals surface area contributed by atoms with Crippen LogP contribution in [0, 0.1) is 0 Å². The fourth-order valence-corrected chi connectivity index (χ4v) is 0.923. The molecule has 0 radical (unpaired) electrons. The Morgan fingerprint density at radius 3 is 3.08 bits per heavy atom. The zero-order chi connectivity index (χ0) is 9.68. The number of hydrogen-bond donors (Lipinski definition) is 1. The summed E-state index contributed by atoms with van der Waals surface area (Å²) in [5, 5.41) is 2.92. The van der Waals surface area contributed by atoms with Gasteiger partial charge in [-0.2, -0.15) is 0 Å². The molecule has 0 spiro atoms. The van der Waals surface area contributed by atoms with Crippen molar-refractivity contribution in [2.45, 2.75) is 6.54 Å². The lowest BCUT2D eigenvalue weighted by atomic mass is 10.4. The SMILES string of the molecule is COC(=O)CNCc1cn(C)cn1. The molecule has 0 fully saturated rings. The molecule has 0 unspecified atom stereocenters. The Morgan fingerprint density at radius 1 is 1.77 bits per heavy atom. The van der Waals surface area contributed by atoms with E-state index in [1.54, 1.807) is 6.33 Å². The summed E-state index contributed by atoms with van der Waals surface area (Å²) in [5.41, 5.74) is 0.909. The number of rotatable bonds is 4. The monoisotopic (exact) mass is 183 g/mol. The van der Waals surface area contributed by atoms with Crippen molar-refractivity contribution in [3.63, 3.8) is 0 Å². The van der Waals surface area contributed by atoms with E-state index in [9.17, 15) is 4.79 Å². The van der Waals surface area contributed by atoms with E-state index in [-0.39, 0.29) is 12.5 Å². The number of hydrogen-bond acceptors (Lipinski definition) is 4. The molecule has 0 bridgehead atoms. The number of nitrogens with zero attached hydrogens (tertiary/aromatic N) is 2. The third-order valence-corrected chi connectivity index (χ3v) is 1.56. The highest BCUT2D eigenvalue weighted by Gasteiger charge is 2.00. The smallest absolute Gasteiger partial charge is 0.319 e. The molecule has 5 nitrogen and oxygen atoms in total. The van der Waals surface area contributed by atoms with Gasteiger partial charge in [0.1, 0.15) is 0 Å². The predicted octanol–water partition coefficient (Wildman–Crippen LogP) is -0.317. The van der Waals surface area contributed by atoms with Gasteiger partial charge in [-0.05, 0) is 0 Å². The normalized spacial score (nSPS) is 10.0. The maximum Gasteiger partial charge on any atom is 0.319 e. The summed E-state index contributed by atoms with van der Waals surface area (Å²) >= 11 is 0. The van der Waals surface area contributed by atoms with E-state index in [1.165, 1.54) is 7.11 Å². The van der Waals surface area contributed by atoms with Gasteiger partial charge in [-0.25, -0.2) is 4.98 Å². The molecule has 72 valence electrons. The number of ether oxygens (including phenoxy) is 1. The Morgan fingerprint density at radius 2 is 2.54 bits per heavy atom. The highest BCUT2D eigenvalue weighted by atomic mass is 16.5. The zero-order valence-electron chi connectivity index (χ0n) is 7.78. The first kappa shape index (κ1) is 9.73. The second-order valence-corrected chi connectivity index (χ2v) is 2.71. The van der Waals surface area contributed by atoms with Crippen molar-refractivity contribution < 1.29 is 9.53 Å². The number of methoxy groups -OCH3 is 1. The van der Waals surface area contributed by atoms with Crippen LogP contribution in [0.5, 0.6) is 0 Å². The molecule has 13 heavy (non-hydrogen) atoms. The average Bonchev–Trinajstić information content (AvgIpc) is 2.51. The van der Waals surface area contributed by atoms with E-state index in [0.717, 1.165) is 5.69 Å². The Bertz CT molecular complexity index is 283. The number of esters is 1. The first-order chi connectivity index (χ1) is 6.22. The molecule has 0 aliphatic carbocycles. The van der Waals surface area contributed by atoms with Crippen molar-refractivity contribution in [2.24, 2.45) is 7.05 Å². The Balaban J connectivity index is 2.24. The van der Waals surface area contributed by atoms with Crippen LogP contribution in [0.2, 0.25) is 0 Å². The molecule has 1 aromatic rings. The van der Waals surface area contributed by atoms with Gasteiger partial charge in [0.15, 0.2) is 0 Å². The fourth-order valence-electron chi connectivity index (χ4n) is 0.923. The minimum atomic E-state index is -0.268. The summed E-state index contributed by atoms with van der Waals surface area (Å²) in [5.74, 6) is -0.268. The van der Waals surface area contributed by atoms with Gasteiger partial charge >= 0.3 is 5.97 Å². The lowest BCUT2D eigenvalue weighted by molar-refractivity contribution is -0.139. The lowest BCUT2D eigenvalue weighted by Gasteiger charge is -1.99. The van der Waals surface area contributed by atoms with Crippen molar-refractivity contribution >= 4 is 5.97 Å². The van der Waals surface area contributed by atoms with Crippen LogP contribution in [-0.4, -0.2) is 29.2 Å². The van der Waals surface area contributed by atoms with E-state index < -0.39 is 0 Å². The number of nitrogens with one attached hydrogen (secondary N) is 1. The maximum absolute atomic E-state index is 10.7. The summed E-state index contributed by atoms with van der Waals surface area (Å²) in [6, 6.07) is 0. The Hall–Kier alpha value is -1.36. The number of aryl methyl sites for hydroxylation is 1. The van der Waals surface area contributed by atoms with Gasteiger partial charge in [0.2, 0.25) is 0 Å². The van der Waals surface area contributed by atoms with Gasteiger partial charge in [0, 0.05) is 19.8 Å². The van der Waals surface area contributed by atoms with Crippen molar-refractivity contribution in [2.75, 3.05) is 13.7 Å². The molecule has 0 aliphatic rings. The molecule has 1 heterocycles. The maximum atomic E-state index is 10.7. The molecular formula is C8H13N3O2. The van der Waals surface area contributed by atoms with E-state index >= 15 is 0 Å². The fraction of sp³-hybridized carbons (Fsp3) is 0.500. The predicted molar refractivity (Wildman–Crippen MR) is 46.9 cm³/mol. The van der Waals surface area contributed by atoms with Crippen LogP contribution < -0.4 is 5.32 Å². The van der Waals surface area contributed by atoms with Crippen molar-refractivity contribution in [3.8, 4) is 0 Å². The molecule has 1 rings (SSSR count). The molecule has 0 saturated heterocycles. The van der Waals surface area contributed by atoms with Crippen LogP contribution in [-0.2, 0) is 23.1 Å². The molecule has 0 saturated carbocycles. The summed E-state index contributed by atoms with van der Waals surface area (Å²) in [4.78, 5) is 14.8. The molecule has 0 amide bonds. The highest BCUT2D eigenvalue weighted by Crippen LogP contribution is 1.92. The molecular weight excluding hydrogens is 170 g/mol. The third kappa shape index (κ3) is 3.25. The quantitative estimate of drug-likeness (QED) is 0.650. The average molecular weight is 183 g/mol. The van der Waals surface area contributed by atoms with E-state index in [4.69, 9.17) is 0 Å². The van der Waals surface area contributed by atoms with E-state index in [0.29, 0.717) is 6.54 Å². The second kappa shape index (κ2) is 4.61. The minimum absolute atomic E-state index is 0.215. The molecule has 5 heteroatoms. The summed E-state index contributed by atoms with van der Waals surface area (Å²) < 4.78 is 6.32. The largest absolute Gasteiger partial charge is 0.468 e. The molecule has 0 atom stereocenters. The first-order valence-electron chi connectivity index (χ1n) is 3.96. The van der Waals surface area contributed by atoms with Crippen molar-refractivity contribution in [1.82, 2.24) is 14.9 Å². The van der Waals surface area contributed by atoms with Crippen LogP contribution in [0.1, 0.15) is 5.69 Å². The number of carbonyl (C=O) groups is 1. The molecule has 0 aromatic carbocycles. The Labute approximate surface area is 76.7 Å². The highest BCUT2D eigenvalue weighted by molar-refractivity contribution is 5.71. The van der Waals surface area contributed by atoms with Gasteiger partial charge < -0.3 is 14.6 Å². The second-order valence-electron chi connectivity index (χ2n) is 2.71. The van der Waals surface area contributed by atoms with Crippen LogP contribution in [0.15, 0.2) is 12.5 Å². The molecule has 0 aliphatic heterocycles. The topological polar surface area (TPSA) is 56.1 Å². The Kier molecular flexibility index (Phi) is 3.45. The summed E-state index contributed by atoms with van der Waals surface area (Å²) in [7, 11) is 3.27. The van der Waals surface area contributed by atoms with Crippen LogP contribution >= 0.6 is 0 Å². The zero-order valence-corrected chi connectivity index (χ0v) is 7.78. The van der Waals surface area contributed by atoms with E-state index in [2.05, 4.69) is 15.0 Å². The number of imidazole rings is 1. The lowest BCUT2D eigenvalue weighted by Crippen LogP contribution is -2.23. The standard InChI is InChI=1S/C8H13N3O2/c1-11-5-7(10-6-11)3-9-4-8(12)13-2/h5-6,9H,3-4H2,1-2H3. The van der Waals surface area contributed by atoms with Crippen LogP contribution in [0.3, 0.4) is 0 Å². The van der Waals surface area contributed by atoms with Crippen LogP contribution in [0.25, 0.3) is 0 Å². The minimum Gasteiger partial charge on any atom is -0.468 e. The van der Waals surface area contributed by atoms with E-state index in [1.807, 2.05) is 17.8 Å². The van der Waals surface area contributed by atoms with Gasteiger partial charge in [-0.15, -0.1) is 0 Å². The summed E-state index contributed by atoms with van der Waals surface area (Å²) in [6.07, 6.45) is 3.61. The third-order valence-electron chi connectivity index (χ3n) is 1.56. The number of carbonyl (C=O) groups excluding carboxylic acids is 1. The van der Waals surface area contributed by atoms with Crippen LogP contribution in [0.4, 0.5) is 0 Å².